The highest BCUT2D eigenvalue weighted by Crippen LogP contribution is 2.33. The summed E-state index contributed by atoms with van der Waals surface area (Å²) in [7, 11) is 0. The third kappa shape index (κ3) is 3.20. The zero-order valence-electron chi connectivity index (χ0n) is 13.2. The molecule has 0 aliphatic carbocycles. The van der Waals surface area contributed by atoms with Crippen molar-refractivity contribution in [1.29, 1.82) is 0 Å². The topological polar surface area (TPSA) is 38.7 Å². The molecule has 0 radical (unpaired) electrons. The molecule has 1 N–H and O–H groups in total. The Balaban J connectivity index is 1.44. The number of rotatable bonds is 4. The minimum absolute atomic E-state index is 0.304. The van der Waals surface area contributed by atoms with E-state index >= 15 is 0 Å². The van der Waals surface area contributed by atoms with Gasteiger partial charge in [0, 0.05) is 0 Å². The fourth-order valence-corrected chi connectivity index (χ4v) is 2.91. The number of hydrogen-bond acceptors (Lipinski definition) is 3. The molecule has 3 aromatic carbocycles. The van der Waals surface area contributed by atoms with E-state index in [0.717, 1.165) is 24.3 Å². The number of fused-ring (bicyclic) bond motifs is 1. The highest BCUT2D eigenvalue weighted by molar-refractivity contribution is 5.45. The predicted molar refractivity (Wildman–Crippen MR) is 92.7 cm³/mol. The zero-order chi connectivity index (χ0) is 16.4. The SMILES string of the molecule is Oc1ccc(Cc2ccc(Cc3ccc4c(c3)OCO4)cc2)cc1. The quantitative estimate of drug-likeness (QED) is 0.779. The summed E-state index contributed by atoms with van der Waals surface area (Å²) >= 11 is 0. The third-order valence-corrected chi connectivity index (χ3v) is 4.21. The van der Waals surface area contributed by atoms with E-state index in [4.69, 9.17) is 9.47 Å². The van der Waals surface area contributed by atoms with Gasteiger partial charge < -0.3 is 14.6 Å². The van der Waals surface area contributed by atoms with E-state index in [1.807, 2.05) is 24.3 Å². The van der Waals surface area contributed by atoms with Crippen LogP contribution in [0.4, 0.5) is 0 Å². The molecule has 0 bridgehead atoms. The van der Waals surface area contributed by atoms with Gasteiger partial charge >= 0.3 is 0 Å². The van der Waals surface area contributed by atoms with Crippen molar-refractivity contribution in [2.75, 3.05) is 6.79 Å². The van der Waals surface area contributed by atoms with Crippen LogP contribution in [-0.4, -0.2) is 11.9 Å². The summed E-state index contributed by atoms with van der Waals surface area (Å²) in [5.74, 6) is 1.96. The number of ether oxygens (including phenoxy) is 2. The molecule has 0 saturated carbocycles. The van der Waals surface area contributed by atoms with Crippen LogP contribution >= 0.6 is 0 Å². The number of hydrogen-bond donors (Lipinski definition) is 1. The van der Waals surface area contributed by atoms with Crippen molar-refractivity contribution in [3.63, 3.8) is 0 Å². The Bertz CT molecular complexity index is 836. The Hall–Kier alpha value is -2.94. The highest BCUT2D eigenvalue weighted by Gasteiger charge is 2.13. The van der Waals surface area contributed by atoms with Crippen LogP contribution in [0, 0.1) is 0 Å². The van der Waals surface area contributed by atoms with E-state index < -0.39 is 0 Å². The summed E-state index contributed by atoms with van der Waals surface area (Å²) in [5.41, 5.74) is 4.93. The highest BCUT2D eigenvalue weighted by atomic mass is 16.7. The minimum atomic E-state index is 0.304. The summed E-state index contributed by atoms with van der Waals surface area (Å²) in [5, 5.41) is 9.34. The molecular weight excluding hydrogens is 300 g/mol. The van der Waals surface area contributed by atoms with Gasteiger partial charge in [0.05, 0.1) is 0 Å². The lowest BCUT2D eigenvalue weighted by molar-refractivity contribution is 0.174. The van der Waals surface area contributed by atoms with Crippen LogP contribution in [-0.2, 0) is 12.8 Å². The monoisotopic (exact) mass is 318 g/mol. The normalized spacial score (nSPS) is 12.3. The van der Waals surface area contributed by atoms with Gasteiger partial charge in [0.15, 0.2) is 11.5 Å². The van der Waals surface area contributed by atoms with Gasteiger partial charge in [-0.1, -0.05) is 42.5 Å². The lowest BCUT2D eigenvalue weighted by Crippen LogP contribution is -1.93. The van der Waals surface area contributed by atoms with Gasteiger partial charge in [0.1, 0.15) is 5.75 Å². The maximum Gasteiger partial charge on any atom is 0.231 e. The molecular formula is C21H18O3. The van der Waals surface area contributed by atoms with E-state index in [1.165, 1.54) is 22.3 Å². The third-order valence-electron chi connectivity index (χ3n) is 4.21. The molecule has 0 aromatic heterocycles. The average molecular weight is 318 g/mol. The van der Waals surface area contributed by atoms with E-state index in [-0.39, 0.29) is 0 Å². The summed E-state index contributed by atoms with van der Waals surface area (Å²) in [6, 6.07) is 22.1. The smallest absolute Gasteiger partial charge is 0.231 e. The van der Waals surface area contributed by atoms with E-state index in [9.17, 15) is 5.11 Å². The van der Waals surface area contributed by atoms with Crippen molar-refractivity contribution in [2.24, 2.45) is 0 Å². The molecule has 1 aliphatic rings. The summed E-state index contributed by atoms with van der Waals surface area (Å²) in [6.45, 7) is 0.310. The van der Waals surface area contributed by atoms with Crippen LogP contribution in [0.15, 0.2) is 66.7 Å². The van der Waals surface area contributed by atoms with Gasteiger partial charge in [-0.05, 0) is 59.4 Å². The molecule has 0 amide bonds. The van der Waals surface area contributed by atoms with Crippen LogP contribution in [0.3, 0.4) is 0 Å². The van der Waals surface area contributed by atoms with Gasteiger partial charge in [-0.2, -0.15) is 0 Å². The molecule has 0 spiro atoms. The molecule has 1 heterocycles. The molecule has 0 fully saturated rings. The zero-order valence-corrected chi connectivity index (χ0v) is 13.2. The first-order chi connectivity index (χ1) is 11.8. The number of aromatic hydroxyl groups is 1. The van der Waals surface area contributed by atoms with Crippen LogP contribution in [0.5, 0.6) is 17.2 Å². The molecule has 4 rings (SSSR count). The Morgan fingerprint density at radius 2 is 1.12 bits per heavy atom. The van der Waals surface area contributed by atoms with Gasteiger partial charge in [-0.3, -0.25) is 0 Å². The maximum atomic E-state index is 9.34. The maximum absolute atomic E-state index is 9.34. The van der Waals surface area contributed by atoms with Gasteiger partial charge in [0.25, 0.3) is 0 Å². The Labute approximate surface area is 141 Å². The first kappa shape index (κ1) is 14.6. The molecule has 0 saturated heterocycles. The molecule has 0 unspecified atom stereocenters. The van der Waals surface area contributed by atoms with Gasteiger partial charge in [0.2, 0.25) is 6.79 Å². The van der Waals surface area contributed by atoms with Crippen LogP contribution in [0.2, 0.25) is 0 Å². The van der Waals surface area contributed by atoms with E-state index in [1.54, 1.807) is 12.1 Å². The Kier molecular flexibility index (Phi) is 3.83. The summed E-state index contributed by atoms with van der Waals surface area (Å²) < 4.78 is 10.8. The summed E-state index contributed by atoms with van der Waals surface area (Å²) in [6.07, 6.45) is 1.74. The molecule has 3 aromatic rings. The standard InChI is InChI=1S/C21H18O3/c22-19-8-5-17(6-9-19)11-15-1-3-16(4-2-15)12-18-7-10-20-21(13-18)24-14-23-20/h1-10,13,22H,11-12,14H2. The van der Waals surface area contributed by atoms with Crippen LogP contribution in [0.25, 0.3) is 0 Å². The second kappa shape index (κ2) is 6.28. The van der Waals surface area contributed by atoms with Crippen LogP contribution < -0.4 is 9.47 Å². The van der Waals surface area contributed by atoms with E-state index in [0.29, 0.717) is 12.5 Å². The second-order valence-corrected chi connectivity index (χ2v) is 6.02. The van der Waals surface area contributed by atoms with Crippen molar-refractivity contribution in [2.45, 2.75) is 12.8 Å². The Morgan fingerprint density at radius 1 is 0.625 bits per heavy atom. The predicted octanol–water partition coefficient (Wildman–Crippen LogP) is 4.30. The number of phenols is 1. The first-order valence-corrected chi connectivity index (χ1v) is 8.00. The van der Waals surface area contributed by atoms with Crippen molar-refractivity contribution in [3.05, 3.63) is 89.0 Å². The van der Waals surface area contributed by atoms with Gasteiger partial charge in [-0.15, -0.1) is 0 Å². The molecule has 3 heteroatoms. The largest absolute Gasteiger partial charge is 0.508 e. The minimum Gasteiger partial charge on any atom is -0.508 e. The number of benzene rings is 3. The lowest BCUT2D eigenvalue weighted by atomic mass is 10.00. The first-order valence-electron chi connectivity index (χ1n) is 8.00. The fourth-order valence-electron chi connectivity index (χ4n) is 2.91. The van der Waals surface area contributed by atoms with Crippen molar-refractivity contribution < 1.29 is 14.6 Å². The molecule has 1 aliphatic heterocycles. The van der Waals surface area contributed by atoms with Crippen molar-refractivity contribution in [3.8, 4) is 17.2 Å². The fraction of sp³-hybridized carbons (Fsp3) is 0.143. The van der Waals surface area contributed by atoms with Gasteiger partial charge in [-0.25, -0.2) is 0 Å². The van der Waals surface area contributed by atoms with Crippen molar-refractivity contribution in [1.82, 2.24) is 0 Å². The second-order valence-electron chi connectivity index (χ2n) is 6.02. The average Bonchev–Trinajstić information content (AvgIpc) is 3.06. The molecule has 0 atom stereocenters. The molecule has 24 heavy (non-hydrogen) atoms. The molecule has 120 valence electrons. The van der Waals surface area contributed by atoms with Crippen molar-refractivity contribution >= 4 is 0 Å². The van der Waals surface area contributed by atoms with Crippen LogP contribution in [0.1, 0.15) is 22.3 Å². The number of phenolic OH excluding ortho intramolecular Hbond substituents is 1. The molecule has 3 nitrogen and oxygen atoms in total. The Morgan fingerprint density at radius 3 is 1.79 bits per heavy atom. The lowest BCUT2D eigenvalue weighted by Gasteiger charge is -2.06. The summed E-state index contributed by atoms with van der Waals surface area (Å²) in [4.78, 5) is 0. The van der Waals surface area contributed by atoms with E-state index in [2.05, 4.69) is 30.3 Å².